The number of rotatable bonds is 2. The first-order valence-corrected chi connectivity index (χ1v) is 8.78. The van der Waals surface area contributed by atoms with Crippen LogP contribution in [0.25, 0.3) is 0 Å². The van der Waals surface area contributed by atoms with E-state index in [0.717, 1.165) is 11.3 Å². The van der Waals surface area contributed by atoms with Gasteiger partial charge in [-0.05, 0) is 27.6 Å². The number of anilines is 1. The molecule has 124 valence electrons. The number of carbonyl (C=O) groups is 1. The van der Waals surface area contributed by atoms with Gasteiger partial charge in [-0.2, -0.15) is 0 Å². The van der Waals surface area contributed by atoms with E-state index in [1.165, 1.54) is 6.92 Å². The molecule has 0 aliphatic carbocycles. The number of Topliss-reactive ketones (excluding diaryl/α,β-unsaturated/α-hetero) is 1. The Morgan fingerprint density at radius 1 is 1.38 bits per heavy atom. The van der Waals surface area contributed by atoms with Crippen LogP contribution in [0.1, 0.15) is 37.2 Å². The second-order valence-corrected chi connectivity index (χ2v) is 7.07. The minimum absolute atomic E-state index is 0.105. The summed E-state index contributed by atoms with van der Waals surface area (Å²) in [6.45, 7) is 2.86. The number of carbonyl (C=O) groups excluding carboxylic acids is 1. The van der Waals surface area contributed by atoms with Gasteiger partial charge in [0.1, 0.15) is 21.6 Å². The van der Waals surface area contributed by atoms with Crippen LogP contribution in [-0.2, 0) is 6.40 Å². The van der Waals surface area contributed by atoms with E-state index >= 15 is 0 Å². The molecule has 4 rings (SSSR count). The summed E-state index contributed by atoms with van der Waals surface area (Å²) < 4.78 is 15.4. The van der Waals surface area contributed by atoms with Crippen LogP contribution in [0.2, 0.25) is 0 Å². The third-order valence-corrected chi connectivity index (χ3v) is 5.00. The summed E-state index contributed by atoms with van der Waals surface area (Å²) >= 11 is 3.27. The van der Waals surface area contributed by atoms with Crippen LogP contribution in [0.3, 0.4) is 0 Å². The largest absolute Gasteiger partial charge is 0.487 e. The van der Waals surface area contributed by atoms with Gasteiger partial charge in [-0.25, -0.2) is 9.97 Å². The minimum atomic E-state index is -0.487. The van der Waals surface area contributed by atoms with E-state index in [4.69, 9.17) is 6.11 Å². The first kappa shape index (κ1) is 14.4. The molecule has 1 aromatic heterocycles. The molecule has 1 atom stereocenters. The summed E-state index contributed by atoms with van der Waals surface area (Å²) in [7, 11) is 0. The van der Waals surface area contributed by atoms with E-state index in [1.54, 1.807) is 6.20 Å². The number of nitrogens with zero attached hydrogens (tertiary/aromatic N) is 3. The third-order valence-electron chi connectivity index (χ3n) is 4.62. The Hall–Kier alpha value is -1.95. The van der Waals surface area contributed by atoms with Crippen molar-refractivity contribution in [2.45, 2.75) is 31.8 Å². The quantitative estimate of drug-likeness (QED) is 0.737. The van der Waals surface area contributed by atoms with E-state index in [-0.39, 0.29) is 12.2 Å². The minimum Gasteiger partial charge on any atom is -0.487 e. The Bertz CT molecular complexity index is 837. The molecule has 2 aliphatic heterocycles. The maximum Gasteiger partial charge on any atom is 0.181 e. The molecule has 0 saturated carbocycles. The molecule has 1 unspecified atom stereocenters. The lowest BCUT2D eigenvalue weighted by molar-refractivity contribution is 0.0666. The van der Waals surface area contributed by atoms with Crippen LogP contribution in [0, 0.1) is 0 Å². The number of hydrogen-bond donors (Lipinski definition) is 0. The third kappa shape index (κ3) is 2.69. The smallest absolute Gasteiger partial charge is 0.181 e. The van der Waals surface area contributed by atoms with Crippen molar-refractivity contribution in [1.82, 2.24) is 9.97 Å². The van der Waals surface area contributed by atoms with Gasteiger partial charge in [0.25, 0.3) is 0 Å². The van der Waals surface area contributed by atoms with Gasteiger partial charge in [0.2, 0.25) is 0 Å². The molecule has 24 heavy (non-hydrogen) atoms. The highest BCUT2D eigenvalue weighted by atomic mass is 79.9. The summed E-state index contributed by atoms with van der Waals surface area (Å²) in [5.41, 5.74) is 0.853. The molecular weight excluding hydrogens is 370 g/mol. The average Bonchev–Trinajstić information content (AvgIpc) is 2.88. The predicted molar refractivity (Wildman–Crippen MR) is 94.7 cm³/mol. The fraction of sp³-hybridized carbons (Fsp3) is 0.389. The number of ether oxygens (including phenoxy) is 1. The van der Waals surface area contributed by atoms with Crippen LogP contribution in [-0.4, -0.2) is 34.4 Å². The summed E-state index contributed by atoms with van der Waals surface area (Å²) in [4.78, 5) is 22.7. The molecule has 1 aromatic carbocycles. The van der Waals surface area contributed by atoms with Crippen molar-refractivity contribution in [3.63, 3.8) is 0 Å². The van der Waals surface area contributed by atoms with Gasteiger partial charge in [0.15, 0.2) is 11.6 Å². The van der Waals surface area contributed by atoms with E-state index in [0.29, 0.717) is 42.0 Å². The summed E-state index contributed by atoms with van der Waals surface area (Å²) in [5, 5.41) is 0. The first-order chi connectivity index (χ1) is 12.0. The molecule has 3 heterocycles. The van der Waals surface area contributed by atoms with Gasteiger partial charge in [-0.15, -0.1) is 0 Å². The number of aromatic nitrogens is 2. The second kappa shape index (κ2) is 5.84. The Balaban J connectivity index is 1.56. The van der Waals surface area contributed by atoms with Crippen molar-refractivity contribution in [2.24, 2.45) is 0 Å². The van der Waals surface area contributed by atoms with Crippen LogP contribution >= 0.6 is 15.9 Å². The zero-order valence-electron chi connectivity index (χ0n) is 14.3. The van der Waals surface area contributed by atoms with E-state index in [1.807, 2.05) is 24.3 Å². The number of fused-ring (bicyclic) bond motifs is 1. The van der Waals surface area contributed by atoms with Gasteiger partial charge < -0.3 is 9.64 Å². The molecular formula is C18H18BrN3O2. The van der Waals surface area contributed by atoms with Gasteiger partial charge in [0.05, 0.1) is 6.20 Å². The molecule has 1 fully saturated rings. The maximum absolute atomic E-state index is 11.9. The Kier molecular flexibility index (Phi) is 3.51. The van der Waals surface area contributed by atoms with Crippen molar-refractivity contribution >= 4 is 27.5 Å². The number of ketones is 1. The molecule has 6 heteroatoms. The highest BCUT2D eigenvalue weighted by Crippen LogP contribution is 2.41. The molecule has 0 amide bonds. The van der Waals surface area contributed by atoms with Crippen LogP contribution < -0.4 is 9.64 Å². The van der Waals surface area contributed by atoms with Crippen molar-refractivity contribution in [3.05, 3.63) is 46.3 Å². The molecule has 1 spiro atoms. The molecule has 0 bridgehead atoms. The topological polar surface area (TPSA) is 55.3 Å². The fourth-order valence-electron chi connectivity index (χ4n) is 3.40. The Morgan fingerprint density at radius 2 is 2.12 bits per heavy atom. The van der Waals surface area contributed by atoms with Crippen molar-refractivity contribution in [1.29, 1.82) is 0 Å². The van der Waals surface area contributed by atoms with Gasteiger partial charge in [-0.1, -0.05) is 18.2 Å². The summed E-state index contributed by atoms with van der Waals surface area (Å²) in [6.07, 6.45) is 2.66. The lowest BCUT2D eigenvalue weighted by atomic mass is 9.87. The van der Waals surface area contributed by atoms with Crippen LogP contribution in [0.4, 0.5) is 5.82 Å². The molecule has 5 nitrogen and oxygen atoms in total. The molecule has 2 aliphatic rings. The van der Waals surface area contributed by atoms with Crippen LogP contribution in [0.15, 0.2) is 35.1 Å². The normalized spacial score (nSPS) is 22.0. The number of benzene rings is 1. The number of para-hydroxylation sites is 1. The monoisotopic (exact) mass is 388 g/mol. The van der Waals surface area contributed by atoms with Crippen molar-refractivity contribution in [3.8, 4) is 5.75 Å². The van der Waals surface area contributed by atoms with E-state index in [9.17, 15) is 4.79 Å². The van der Waals surface area contributed by atoms with E-state index in [2.05, 4.69) is 30.8 Å². The van der Waals surface area contributed by atoms with Gasteiger partial charge in [0, 0.05) is 40.6 Å². The molecule has 1 saturated heterocycles. The zero-order valence-corrected chi connectivity index (χ0v) is 14.9. The second-order valence-electron chi connectivity index (χ2n) is 6.26. The van der Waals surface area contributed by atoms with Crippen LogP contribution in [0.5, 0.6) is 5.75 Å². The number of halogens is 1. The SMILES string of the molecule is [2H]C1c2ccccc2OC12CCN(c1ncc(Br)nc1C(C)=O)CC2. The number of piperidine rings is 1. The highest BCUT2D eigenvalue weighted by Gasteiger charge is 2.42. The Morgan fingerprint density at radius 3 is 2.83 bits per heavy atom. The zero-order chi connectivity index (χ0) is 17.6. The molecule has 0 radical (unpaired) electrons. The summed E-state index contributed by atoms with van der Waals surface area (Å²) in [5.74, 6) is 1.33. The Labute approximate surface area is 150 Å². The molecule has 0 N–H and O–H groups in total. The standard InChI is InChI=1S/C18H18BrN3O2/c1-12(23)16-17(20-11-15(19)21-16)22-8-6-18(7-9-22)10-13-4-2-3-5-14(13)24-18/h2-5,11H,6-10H2,1H3/i10D. The summed E-state index contributed by atoms with van der Waals surface area (Å²) in [6, 6.07) is 7.80. The average molecular weight is 389 g/mol. The van der Waals surface area contributed by atoms with Crippen molar-refractivity contribution < 1.29 is 10.9 Å². The lowest BCUT2D eigenvalue weighted by Crippen LogP contribution is -2.48. The molecule has 2 aromatic rings. The van der Waals surface area contributed by atoms with E-state index < -0.39 is 5.60 Å². The van der Waals surface area contributed by atoms with Gasteiger partial charge >= 0.3 is 0 Å². The number of hydrogen-bond acceptors (Lipinski definition) is 5. The lowest BCUT2D eigenvalue weighted by Gasteiger charge is -2.39. The van der Waals surface area contributed by atoms with Crippen molar-refractivity contribution in [2.75, 3.05) is 18.0 Å². The van der Waals surface area contributed by atoms with Gasteiger partial charge in [-0.3, -0.25) is 4.79 Å². The maximum atomic E-state index is 11.9. The fourth-order valence-corrected chi connectivity index (χ4v) is 3.68. The predicted octanol–water partition coefficient (Wildman–Crippen LogP) is 3.42. The first-order valence-electron chi connectivity index (χ1n) is 8.56. The highest BCUT2D eigenvalue weighted by molar-refractivity contribution is 9.10.